The summed E-state index contributed by atoms with van der Waals surface area (Å²) in [6, 6.07) is 5.24. The van der Waals surface area contributed by atoms with E-state index in [1.54, 1.807) is 0 Å². The smallest absolute Gasteiger partial charge is 0.231 e. The van der Waals surface area contributed by atoms with Gasteiger partial charge in [0, 0.05) is 12.1 Å². The first kappa shape index (κ1) is 19.6. The summed E-state index contributed by atoms with van der Waals surface area (Å²) in [5.41, 5.74) is 0.607. The van der Waals surface area contributed by atoms with Crippen LogP contribution in [0.15, 0.2) is 35.1 Å². The van der Waals surface area contributed by atoms with Crippen molar-refractivity contribution in [2.45, 2.75) is 12.8 Å². The zero-order chi connectivity index (χ0) is 19.6. The number of nitrogens with one attached hydrogen (secondary N) is 1. The number of oxazole rings is 1. The van der Waals surface area contributed by atoms with Gasteiger partial charge in [-0.15, -0.1) is 0 Å². The molecule has 1 unspecified atom stereocenters. The van der Waals surface area contributed by atoms with E-state index in [2.05, 4.69) is 9.71 Å². The Labute approximate surface area is 160 Å². The van der Waals surface area contributed by atoms with Gasteiger partial charge in [-0.2, -0.15) is 0 Å². The molecule has 0 aliphatic heterocycles. The maximum atomic E-state index is 14.3. The average molecular weight is 415 g/mol. The standard InChI is InChI=1S/C17H13ClF2N2O4S/c18-15-9(2-1-5-22-27(24)25)6-11(19)16(20)14(15)17(23)10-3-4-13-12(7-10)21-8-26-13/h3-4,6-8,22H,1-2,5H2,(H,24,25). The van der Waals surface area contributed by atoms with Crippen LogP contribution in [0, 0.1) is 11.6 Å². The summed E-state index contributed by atoms with van der Waals surface area (Å²) >= 11 is 4.01. The summed E-state index contributed by atoms with van der Waals surface area (Å²) in [6.07, 6.45) is 1.72. The van der Waals surface area contributed by atoms with Crippen molar-refractivity contribution in [1.82, 2.24) is 9.71 Å². The molecule has 1 atom stereocenters. The highest BCUT2D eigenvalue weighted by Crippen LogP contribution is 2.30. The summed E-state index contributed by atoms with van der Waals surface area (Å²) in [4.78, 5) is 16.7. The number of carbonyl (C=O) groups is 1. The van der Waals surface area contributed by atoms with Crippen LogP contribution in [0.2, 0.25) is 5.02 Å². The molecule has 0 fully saturated rings. The van der Waals surface area contributed by atoms with Gasteiger partial charge in [0.15, 0.2) is 29.4 Å². The van der Waals surface area contributed by atoms with Crippen LogP contribution in [0.1, 0.15) is 27.9 Å². The fraction of sp³-hybridized carbons (Fsp3) is 0.176. The first-order valence-corrected chi connectivity index (χ1v) is 9.25. The van der Waals surface area contributed by atoms with E-state index >= 15 is 0 Å². The number of hydrogen-bond donors (Lipinski definition) is 2. The molecule has 142 valence electrons. The molecule has 3 rings (SSSR count). The number of halogens is 3. The summed E-state index contributed by atoms with van der Waals surface area (Å²) < 4.78 is 54.9. The molecule has 0 radical (unpaired) electrons. The minimum absolute atomic E-state index is 0.0890. The highest BCUT2D eigenvalue weighted by Gasteiger charge is 2.24. The molecular weight excluding hydrogens is 402 g/mol. The molecule has 10 heteroatoms. The molecule has 0 amide bonds. The summed E-state index contributed by atoms with van der Waals surface area (Å²) in [5.74, 6) is -3.31. The van der Waals surface area contributed by atoms with Crippen LogP contribution in [0.25, 0.3) is 11.1 Å². The maximum absolute atomic E-state index is 14.3. The van der Waals surface area contributed by atoms with Gasteiger partial charge in [-0.1, -0.05) is 11.6 Å². The molecule has 2 N–H and O–H groups in total. The van der Waals surface area contributed by atoms with E-state index in [4.69, 9.17) is 20.6 Å². The van der Waals surface area contributed by atoms with E-state index in [1.165, 1.54) is 24.6 Å². The fourth-order valence-corrected chi connectivity index (χ4v) is 3.26. The molecule has 0 aliphatic carbocycles. The van der Waals surface area contributed by atoms with Crippen molar-refractivity contribution < 1.29 is 26.8 Å². The SMILES string of the molecule is O=C(c1ccc2ocnc2c1)c1c(F)c(F)cc(CCCNS(=O)O)c1Cl. The molecule has 1 heterocycles. The van der Waals surface area contributed by atoms with Crippen LogP contribution >= 0.6 is 11.6 Å². The lowest BCUT2D eigenvalue weighted by molar-refractivity contribution is 0.103. The first-order valence-electron chi connectivity index (χ1n) is 7.77. The van der Waals surface area contributed by atoms with Crippen LogP contribution in [-0.2, 0) is 17.7 Å². The van der Waals surface area contributed by atoms with Gasteiger partial charge < -0.3 is 4.42 Å². The molecular formula is C17H13ClF2N2O4S. The lowest BCUT2D eigenvalue weighted by Gasteiger charge is -2.11. The quantitative estimate of drug-likeness (QED) is 0.266. The third-order valence-corrected chi connectivity index (χ3v) is 4.78. The van der Waals surface area contributed by atoms with Gasteiger partial charge in [0.25, 0.3) is 0 Å². The first-order chi connectivity index (χ1) is 12.9. The zero-order valence-corrected chi connectivity index (χ0v) is 15.2. The Bertz CT molecular complexity index is 1040. The van der Waals surface area contributed by atoms with Gasteiger partial charge in [-0.25, -0.2) is 22.7 Å². The zero-order valence-electron chi connectivity index (χ0n) is 13.7. The Hall–Kier alpha value is -2.20. The van der Waals surface area contributed by atoms with E-state index < -0.39 is 34.2 Å². The summed E-state index contributed by atoms with van der Waals surface area (Å²) in [5, 5.41) is -0.190. The molecule has 0 bridgehead atoms. The second-order valence-corrected chi connectivity index (χ2v) is 6.80. The fourth-order valence-electron chi connectivity index (χ4n) is 2.62. The Balaban J connectivity index is 1.93. The van der Waals surface area contributed by atoms with Crippen LogP contribution in [0.4, 0.5) is 8.78 Å². The second-order valence-electron chi connectivity index (χ2n) is 5.63. The van der Waals surface area contributed by atoms with Crippen LogP contribution in [0.5, 0.6) is 0 Å². The molecule has 0 saturated heterocycles. The molecule has 0 aliphatic rings. The van der Waals surface area contributed by atoms with Gasteiger partial charge in [0.2, 0.25) is 11.3 Å². The Morgan fingerprint density at radius 2 is 2.11 bits per heavy atom. The number of carbonyl (C=O) groups excluding carboxylic acids is 1. The van der Waals surface area contributed by atoms with E-state index in [9.17, 15) is 17.8 Å². The number of rotatable bonds is 7. The Morgan fingerprint density at radius 3 is 2.85 bits per heavy atom. The number of benzene rings is 2. The molecule has 0 saturated carbocycles. The number of fused-ring (bicyclic) bond motifs is 1. The van der Waals surface area contributed by atoms with Crippen molar-refractivity contribution >= 4 is 39.8 Å². The Morgan fingerprint density at radius 1 is 1.33 bits per heavy atom. The van der Waals surface area contributed by atoms with E-state index in [-0.39, 0.29) is 29.1 Å². The topological polar surface area (TPSA) is 92.4 Å². The molecule has 6 nitrogen and oxygen atoms in total. The van der Waals surface area contributed by atoms with Gasteiger partial charge >= 0.3 is 0 Å². The number of nitrogens with zero attached hydrogens (tertiary/aromatic N) is 1. The van der Waals surface area contributed by atoms with Crippen LogP contribution in [0.3, 0.4) is 0 Å². The summed E-state index contributed by atoms with van der Waals surface area (Å²) in [7, 11) is 0. The molecule has 0 spiro atoms. The van der Waals surface area contributed by atoms with E-state index in [1.807, 2.05) is 0 Å². The van der Waals surface area contributed by atoms with Crippen molar-refractivity contribution in [3.05, 3.63) is 64.0 Å². The predicted octanol–water partition coefficient (Wildman–Crippen LogP) is 3.65. The van der Waals surface area contributed by atoms with Crippen molar-refractivity contribution in [2.75, 3.05) is 6.54 Å². The van der Waals surface area contributed by atoms with Crippen LogP contribution in [-0.4, -0.2) is 26.1 Å². The van der Waals surface area contributed by atoms with Crippen LogP contribution < -0.4 is 4.72 Å². The van der Waals surface area contributed by atoms with Gasteiger partial charge in [0.1, 0.15) is 5.52 Å². The lowest BCUT2D eigenvalue weighted by atomic mass is 9.98. The largest absolute Gasteiger partial charge is 0.443 e. The van der Waals surface area contributed by atoms with Gasteiger partial charge in [-0.05, 0) is 42.7 Å². The normalized spacial score (nSPS) is 12.4. The van der Waals surface area contributed by atoms with Crippen molar-refractivity contribution in [2.24, 2.45) is 0 Å². The monoisotopic (exact) mass is 414 g/mol. The average Bonchev–Trinajstić information content (AvgIpc) is 3.10. The number of aryl methyl sites for hydroxylation is 1. The minimum atomic E-state index is -2.17. The van der Waals surface area contributed by atoms with Crippen molar-refractivity contribution in [3.63, 3.8) is 0 Å². The number of aromatic nitrogens is 1. The minimum Gasteiger partial charge on any atom is -0.443 e. The molecule has 3 aromatic rings. The molecule has 2 aromatic carbocycles. The predicted molar refractivity (Wildman–Crippen MR) is 95.9 cm³/mol. The third kappa shape index (κ3) is 4.22. The molecule has 1 aromatic heterocycles. The van der Waals surface area contributed by atoms with Crippen molar-refractivity contribution in [3.8, 4) is 0 Å². The maximum Gasteiger partial charge on any atom is 0.231 e. The molecule has 27 heavy (non-hydrogen) atoms. The highest BCUT2D eigenvalue weighted by atomic mass is 35.5. The van der Waals surface area contributed by atoms with E-state index in [0.29, 0.717) is 17.5 Å². The Kier molecular flexibility index (Phi) is 5.95. The third-order valence-electron chi connectivity index (χ3n) is 3.90. The number of ketones is 1. The van der Waals surface area contributed by atoms with Gasteiger partial charge in [0.05, 0.1) is 10.6 Å². The van der Waals surface area contributed by atoms with E-state index in [0.717, 1.165) is 6.07 Å². The number of hydrogen-bond acceptors (Lipinski definition) is 4. The highest BCUT2D eigenvalue weighted by molar-refractivity contribution is 7.77. The summed E-state index contributed by atoms with van der Waals surface area (Å²) in [6.45, 7) is 0.157. The van der Waals surface area contributed by atoms with Gasteiger partial charge in [-0.3, -0.25) is 9.35 Å². The second kappa shape index (κ2) is 8.22. The lowest BCUT2D eigenvalue weighted by Crippen LogP contribution is -2.18. The van der Waals surface area contributed by atoms with Crippen molar-refractivity contribution in [1.29, 1.82) is 0 Å².